The van der Waals surface area contributed by atoms with E-state index in [0.717, 1.165) is 20.2 Å². The normalized spacial score (nSPS) is 13.7. The number of amides is 3. The van der Waals surface area contributed by atoms with Crippen molar-refractivity contribution in [2.75, 3.05) is 38.6 Å². The van der Waals surface area contributed by atoms with E-state index in [4.69, 9.17) is 9.47 Å². The summed E-state index contributed by atoms with van der Waals surface area (Å²) in [4.78, 5) is 46.6. The molecule has 1 aromatic heterocycles. The molecule has 0 radical (unpaired) electrons. The Bertz CT molecular complexity index is 1410. The number of aryl methyl sites for hydroxylation is 1. The Labute approximate surface area is 249 Å². The SMILES string of the molecule is COc1cc(C)c(Sc2cnc(NC(=O)c3ccc(COC(C)(C)C)cc3)s2)cc1C(=O)N1CCN(C(C)=O)CC1. The smallest absolute Gasteiger partial charge is 0.257 e. The van der Waals surface area contributed by atoms with Gasteiger partial charge in [0.25, 0.3) is 11.8 Å². The summed E-state index contributed by atoms with van der Waals surface area (Å²) in [5.74, 6) is 0.167. The lowest BCUT2D eigenvalue weighted by Crippen LogP contribution is -2.50. The first kappa shape index (κ1) is 30.5. The van der Waals surface area contributed by atoms with E-state index >= 15 is 0 Å². The van der Waals surface area contributed by atoms with Gasteiger partial charge in [-0.05, 0) is 63.1 Å². The molecule has 1 N–H and O–H groups in total. The third-order valence-corrected chi connectivity index (χ3v) is 8.72. The van der Waals surface area contributed by atoms with Crippen LogP contribution in [0.15, 0.2) is 51.7 Å². The summed E-state index contributed by atoms with van der Waals surface area (Å²) in [5.41, 5.74) is 2.73. The molecule has 3 aromatic rings. The Morgan fingerprint density at radius 1 is 1.05 bits per heavy atom. The van der Waals surface area contributed by atoms with Gasteiger partial charge in [-0.25, -0.2) is 4.98 Å². The van der Waals surface area contributed by atoms with Crippen LogP contribution in [0.5, 0.6) is 5.75 Å². The van der Waals surface area contributed by atoms with Crippen molar-refractivity contribution >= 4 is 46.0 Å². The molecule has 1 aliphatic heterocycles. The van der Waals surface area contributed by atoms with Crippen molar-refractivity contribution in [2.45, 2.75) is 55.9 Å². The number of anilines is 1. The minimum absolute atomic E-state index is 0.0171. The summed E-state index contributed by atoms with van der Waals surface area (Å²) < 4.78 is 12.2. The summed E-state index contributed by atoms with van der Waals surface area (Å²) in [6, 6.07) is 11.0. The maximum Gasteiger partial charge on any atom is 0.257 e. The van der Waals surface area contributed by atoms with E-state index in [-0.39, 0.29) is 23.3 Å². The maximum atomic E-state index is 13.4. The fourth-order valence-corrected chi connectivity index (χ4v) is 6.13. The third kappa shape index (κ3) is 8.08. The molecule has 0 saturated carbocycles. The van der Waals surface area contributed by atoms with Crippen LogP contribution in [0, 0.1) is 6.92 Å². The van der Waals surface area contributed by atoms with Gasteiger partial charge in [-0.1, -0.05) is 35.2 Å². The fourth-order valence-electron chi connectivity index (χ4n) is 4.20. The Hall–Kier alpha value is -3.41. The molecule has 1 fully saturated rings. The average molecular weight is 597 g/mol. The van der Waals surface area contributed by atoms with Gasteiger partial charge in [0.05, 0.1) is 35.3 Å². The number of rotatable bonds is 8. The summed E-state index contributed by atoms with van der Waals surface area (Å²) >= 11 is 2.85. The molecule has 1 aliphatic rings. The average Bonchev–Trinajstić information content (AvgIpc) is 3.38. The van der Waals surface area contributed by atoms with Crippen molar-refractivity contribution < 1.29 is 23.9 Å². The van der Waals surface area contributed by atoms with Crippen LogP contribution in [0.2, 0.25) is 0 Å². The zero-order chi connectivity index (χ0) is 29.7. The Balaban J connectivity index is 1.41. The molecule has 41 heavy (non-hydrogen) atoms. The van der Waals surface area contributed by atoms with Crippen molar-refractivity contribution in [3.05, 3.63) is 64.8 Å². The monoisotopic (exact) mass is 596 g/mol. The second-order valence-corrected chi connectivity index (χ2v) is 13.1. The number of hydrogen-bond donors (Lipinski definition) is 1. The van der Waals surface area contributed by atoms with E-state index in [1.165, 1.54) is 23.1 Å². The van der Waals surface area contributed by atoms with E-state index in [1.807, 2.05) is 52.0 Å². The zero-order valence-corrected chi connectivity index (χ0v) is 25.9. The lowest BCUT2D eigenvalue weighted by atomic mass is 10.1. The predicted octanol–water partition coefficient (Wildman–Crippen LogP) is 5.48. The number of nitrogens with one attached hydrogen (secondary N) is 1. The predicted molar refractivity (Wildman–Crippen MR) is 161 cm³/mol. The van der Waals surface area contributed by atoms with Gasteiger partial charge in [0.2, 0.25) is 5.91 Å². The molecule has 0 spiro atoms. The second-order valence-electron chi connectivity index (χ2n) is 10.8. The van der Waals surface area contributed by atoms with Crippen LogP contribution in [-0.4, -0.2) is 71.4 Å². The number of carbonyl (C=O) groups excluding carboxylic acids is 3. The van der Waals surface area contributed by atoms with Gasteiger partial charge in [-0.3, -0.25) is 19.7 Å². The molecule has 1 saturated heterocycles. The van der Waals surface area contributed by atoms with Crippen molar-refractivity contribution in [3.63, 3.8) is 0 Å². The minimum atomic E-state index is -0.238. The summed E-state index contributed by atoms with van der Waals surface area (Å²) in [6.45, 7) is 12.0. The van der Waals surface area contributed by atoms with Crippen LogP contribution in [0.4, 0.5) is 5.13 Å². The molecule has 3 amide bonds. The van der Waals surface area contributed by atoms with Gasteiger partial charge < -0.3 is 19.3 Å². The molecule has 11 heteroatoms. The Morgan fingerprint density at radius 2 is 1.71 bits per heavy atom. The van der Waals surface area contributed by atoms with Crippen LogP contribution in [0.25, 0.3) is 0 Å². The first-order chi connectivity index (χ1) is 19.4. The topological polar surface area (TPSA) is 101 Å². The molecule has 0 atom stereocenters. The largest absolute Gasteiger partial charge is 0.496 e. The van der Waals surface area contributed by atoms with Crippen LogP contribution >= 0.6 is 23.1 Å². The lowest BCUT2D eigenvalue weighted by molar-refractivity contribution is -0.130. The quantitative estimate of drug-likeness (QED) is 0.367. The van der Waals surface area contributed by atoms with E-state index in [1.54, 1.807) is 42.2 Å². The standard InChI is InChI=1S/C30H36N4O5S2/c1-19-15-24(38-6)23(28(37)34-13-11-33(12-14-34)20(2)35)16-25(19)40-26-17-31-29(41-26)32-27(36)22-9-7-21(8-10-22)18-39-30(3,4)5/h7-10,15-17H,11-14,18H2,1-6H3,(H,31,32,36). The van der Waals surface area contributed by atoms with Crippen molar-refractivity contribution in [2.24, 2.45) is 0 Å². The van der Waals surface area contributed by atoms with Crippen molar-refractivity contribution in [1.82, 2.24) is 14.8 Å². The molecule has 0 aliphatic carbocycles. The Kier molecular flexibility index (Phi) is 9.72. The van der Waals surface area contributed by atoms with Gasteiger partial charge >= 0.3 is 0 Å². The number of aromatic nitrogens is 1. The minimum Gasteiger partial charge on any atom is -0.496 e. The van der Waals surface area contributed by atoms with Gasteiger partial charge in [-0.15, -0.1) is 0 Å². The van der Waals surface area contributed by atoms with Crippen LogP contribution in [-0.2, 0) is 16.1 Å². The molecule has 2 heterocycles. The molecular formula is C30H36N4O5S2. The number of ether oxygens (including phenoxy) is 2. The highest BCUT2D eigenvalue weighted by molar-refractivity contribution is 8.01. The number of nitrogens with zero attached hydrogens (tertiary/aromatic N) is 3. The van der Waals surface area contributed by atoms with Crippen LogP contribution < -0.4 is 10.1 Å². The lowest BCUT2D eigenvalue weighted by Gasteiger charge is -2.34. The number of piperazine rings is 1. The summed E-state index contributed by atoms with van der Waals surface area (Å²) in [6.07, 6.45) is 1.71. The van der Waals surface area contributed by atoms with Gasteiger partial charge in [0.15, 0.2) is 5.13 Å². The Morgan fingerprint density at radius 3 is 2.32 bits per heavy atom. The molecule has 2 aromatic carbocycles. The van der Waals surface area contributed by atoms with Crippen LogP contribution in [0.1, 0.15) is 59.5 Å². The van der Waals surface area contributed by atoms with E-state index < -0.39 is 0 Å². The number of methoxy groups -OCH3 is 1. The number of carbonyl (C=O) groups is 3. The summed E-state index contributed by atoms with van der Waals surface area (Å²) in [5, 5.41) is 3.36. The van der Waals surface area contributed by atoms with Crippen molar-refractivity contribution in [3.8, 4) is 5.75 Å². The molecular weight excluding hydrogens is 560 g/mol. The zero-order valence-electron chi connectivity index (χ0n) is 24.3. The third-order valence-electron chi connectivity index (χ3n) is 6.54. The highest BCUT2D eigenvalue weighted by Crippen LogP contribution is 2.38. The second kappa shape index (κ2) is 13.1. The van der Waals surface area contributed by atoms with Crippen molar-refractivity contribution in [1.29, 1.82) is 0 Å². The first-order valence-electron chi connectivity index (χ1n) is 13.3. The fraction of sp³-hybridized carbons (Fsp3) is 0.400. The van der Waals surface area contributed by atoms with Gasteiger partial charge in [-0.2, -0.15) is 0 Å². The molecule has 0 unspecified atom stereocenters. The van der Waals surface area contributed by atoms with Gasteiger partial charge in [0.1, 0.15) is 5.75 Å². The maximum absolute atomic E-state index is 13.4. The highest BCUT2D eigenvalue weighted by atomic mass is 32.2. The van der Waals surface area contributed by atoms with E-state index in [2.05, 4.69) is 10.3 Å². The molecule has 0 bridgehead atoms. The summed E-state index contributed by atoms with van der Waals surface area (Å²) in [7, 11) is 1.55. The number of hydrogen-bond acceptors (Lipinski definition) is 8. The van der Waals surface area contributed by atoms with Gasteiger partial charge in [0, 0.05) is 43.6 Å². The molecule has 4 rings (SSSR count). The molecule has 218 valence electrons. The number of thiazole rings is 1. The first-order valence-corrected chi connectivity index (χ1v) is 15.0. The van der Waals surface area contributed by atoms with E-state index in [9.17, 15) is 14.4 Å². The van der Waals surface area contributed by atoms with E-state index in [0.29, 0.717) is 54.8 Å². The molecule has 9 nitrogen and oxygen atoms in total. The highest BCUT2D eigenvalue weighted by Gasteiger charge is 2.26. The number of benzene rings is 2. The van der Waals surface area contributed by atoms with Crippen LogP contribution in [0.3, 0.4) is 0 Å².